The number of nitrogens with zero attached hydrogens (tertiary/aromatic N) is 1. The lowest BCUT2D eigenvalue weighted by molar-refractivity contribution is -0.870. The molecule has 9 nitrogen and oxygen atoms in total. The highest BCUT2D eigenvalue weighted by molar-refractivity contribution is 7.45. The average molecular weight is 1110 g/mol. The van der Waals surface area contributed by atoms with Crippen LogP contribution >= 0.6 is 7.82 Å². The van der Waals surface area contributed by atoms with Crippen LogP contribution in [0.2, 0.25) is 0 Å². The second-order valence-corrected chi connectivity index (χ2v) is 26.0. The third kappa shape index (κ3) is 63.8. The number of hydrogen-bond donors (Lipinski definition) is 0. The highest BCUT2D eigenvalue weighted by atomic mass is 31.2. The molecule has 2 atom stereocenters. The van der Waals surface area contributed by atoms with Gasteiger partial charge in [-0.3, -0.25) is 14.2 Å². The second kappa shape index (κ2) is 59.4. The molecular formula is C67H132NO8P. The minimum absolute atomic E-state index is 0.0287. The van der Waals surface area contributed by atoms with Crippen molar-refractivity contribution in [2.75, 3.05) is 47.5 Å². The summed E-state index contributed by atoms with van der Waals surface area (Å²) in [6.45, 7) is 4.29. The fourth-order valence-electron chi connectivity index (χ4n) is 10.3. The van der Waals surface area contributed by atoms with Crippen LogP contribution < -0.4 is 4.89 Å². The number of phosphoric ester groups is 1. The van der Waals surface area contributed by atoms with E-state index in [-0.39, 0.29) is 32.0 Å². The molecule has 0 aromatic heterocycles. The summed E-state index contributed by atoms with van der Waals surface area (Å²) in [6.07, 6.45) is 71.7. The van der Waals surface area contributed by atoms with E-state index in [1.54, 1.807) is 0 Å². The molecule has 0 aromatic carbocycles. The Hall–Kier alpha value is -1.25. The van der Waals surface area contributed by atoms with Crippen LogP contribution in [0.1, 0.15) is 354 Å². The van der Waals surface area contributed by atoms with E-state index in [2.05, 4.69) is 26.0 Å². The Morgan fingerprint density at radius 2 is 0.662 bits per heavy atom. The van der Waals surface area contributed by atoms with Gasteiger partial charge in [0.15, 0.2) is 6.10 Å². The molecule has 10 heteroatoms. The zero-order valence-corrected chi connectivity index (χ0v) is 53.1. The number of likely N-dealkylation sites (N-methyl/N-ethyl adjacent to an activating group) is 1. The number of carbonyl (C=O) groups is 2. The summed E-state index contributed by atoms with van der Waals surface area (Å²) in [5, 5.41) is 0. The summed E-state index contributed by atoms with van der Waals surface area (Å²) >= 11 is 0. The second-order valence-electron chi connectivity index (χ2n) is 24.6. The van der Waals surface area contributed by atoms with Crippen molar-refractivity contribution < 1.29 is 42.1 Å². The minimum Gasteiger partial charge on any atom is -0.756 e. The van der Waals surface area contributed by atoms with E-state index in [0.717, 1.165) is 51.4 Å². The van der Waals surface area contributed by atoms with Crippen LogP contribution in [-0.4, -0.2) is 70.0 Å². The molecular weight excluding hydrogens is 978 g/mol. The van der Waals surface area contributed by atoms with E-state index >= 15 is 0 Å². The maximum Gasteiger partial charge on any atom is 0.306 e. The standard InChI is InChI=1S/C67H132NO8P/c1-6-8-10-12-14-16-18-20-22-24-25-26-27-28-29-30-31-32-33-34-35-36-37-38-39-40-41-42-43-44-46-47-49-51-53-55-57-59-66(69)73-63-65(64-75-77(71,72)74-62-61-68(3,4)5)76-67(70)60-58-56-54-52-50-48-45-23-21-19-17-15-13-11-9-7-2/h23,45,65H,6-22,24-44,46-64H2,1-5H3/b45-23-. The average Bonchev–Trinajstić information content (AvgIpc) is 3.39. The summed E-state index contributed by atoms with van der Waals surface area (Å²) in [4.78, 5) is 37.9. The largest absolute Gasteiger partial charge is 0.756 e. The Morgan fingerprint density at radius 1 is 0.390 bits per heavy atom. The van der Waals surface area contributed by atoms with E-state index in [0.29, 0.717) is 17.4 Å². The summed E-state index contributed by atoms with van der Waals surface area (Å²) < 4.78 is 34.2. The SMILES string of the molecule is CCCCCCCCC/C=C\CCCCCCCC(=O)OC(COC(=O)CCCCCCCCCCCCCCCCCCCCCCCCCCCCCCCCCCCCCCC)COP(=O)([O-])OCC[N+](C)(C)C. The topological polar surface area (TPSA) is 111 Å². The van der Waals surface area contributed by atoms with Crippen molar-refractivity contribution >= 4 is 19.8 Å². The van der Waals surface area contributed by atoms with Gasteiger partial charge in [0.2, 0.25) is 0 Å². The smallest absolute Gasteiger partial charge is 0.306 e. The first-order valence-electron chi connectivity index (χ1n) is 33.9. The minimum atomic E-state index is -4.63. The van der Waals surface area contributed by atoms with Gasteiger partial charge in [-0.2, -0.15) is 0 Å². The van der Waals surface area contributed by atoms with Gasteiger partial charge < -0.3 is 27.9 Å². The molecule has 0 aromatic rings. The van der Waals surface area contributed by atoms with Gasteiger partial charge in [0.1, 0.15) is 19.8 Å². The van der Waals surface area contributed by atoms with Crippen LogP contribution in [0.15, 0.2) is 12.2 Å². The molecule has 0 rings (SSSR count). The number of rotatable bonds is 64. The monoisotopic (exact) mass is 1110 g/mol. The van der Waals surface area contributed by atoms with E-state index < -0.39 is 26.5 Å². The van der Waals surface area contributed by atoms with Crippen LogP contribution in [0, 0.1) is 0 Å². The fraction of sp³-hybridized carbons (Fsp3) is 0.940. The van der Waals surface area contributed by atoms with Gasteiger partial charge in [-0.25, -0.2) is 0 Å². The van der Waals surface area contributed by atoms with Crippen LogP contribution in [0.5, 0.6) is 0 Å². The number of quaternary nitrogens is 1. The zero-order valence-electron chi connectivity index (χ0n) is 52.2. The van der Waals surface area contributed by atoms with Crippen molar-refractivity contribution in [3.8, 4) is 0 Å². The van der Waals surface area contributed by atoms with Gasteiger partial charge in [0.05, 0.1) is 27.7 Å². The molecule has 0 saturated heterocycles. The molecule has 0 radical (unpaired) electrons. The molecule has 2 unspecified atom stereocenters. The molecule has 0 aliphatic heterocycles. The molecule has 0 aliphatic rings. The van der Waals surface area contributed by atoms with E-state index in [4.69, 9.17) is 18.5 Å². The Kier molecular flexibility index (Phi) is 58.4. The molecule has 0 bridgehead atoms. The van der Waals surface area contributed by atoms with Crippen molar-refractivity contribution in [1.82, 2.24) is 0 Å². The fourth-order valence-corrected chi connectivity index (χ4v) is 11.0. The van der Waals surface area contributed by atoms with Gasteiger partial charge in [-0.1, -0.05) is 315 Å². The van der Waals surface area contributed by atoms with Crippen molar-refractivity contribution in [1.29, 1.82) is 0 Å². The summed E-state index contributed by atoms with van der Waals surface area (Å²) in [6, 6.07) is 0. The maximum absolute atomic E-state index is 12.8. The Balaban J connectivity index is 3.87. The van der Waals surface area contributed by atoms with Gasteiger partial charge in [0.25, 0.3) is 7.82 Å². The van der Waals surface area contributed by atoms with Crippen molar-refractivity contribution in [3.63, 3.8) is 0 Å². The lowest BCUT2D eigenvalue weighted by atomic mass is 10.0. The first-order valence-corrected chi connectivity index (χ1v) is 35.4. The van der Waals surface area contributed by atoms with Gasteiger partial charge in [0, 0.05) is 12.8 Å². The quantitative estimate of drug-likeness (QED) is 0.0195. The van der Waals surface area contributed by atoms with Gasteiger partial charge in [-0.15, -0.1) is 0 Å². The van der Waals surface area contributed by atoms with Crippen LogP contribution in [0.25, 0.3) is 0 Å². The number of esters is 2. The van der Waals surface area contributed by atoms with E-state index in [1.807, 2.05) is 21.1 Å². The van der Waals surface area contributed by atoms with Crippen LogP contribution in [0.4, 0.5) is 0 Å². The highest BCUT2D eigenvalue weighted by Crippen LogP contribution is 2.38. The third-order valence-corrected chi connectivity index (χ3v) is 16.5. The number of unbranched alkanes of at least 4 members (excludes halogenated alkanes) is 48. The number of phosphoric acid groups is 1. The molecule has 0 heterocycles. The first kappa shape index (κ1) is 75.8. The molecule has 0 amide bonds. The van der Waals surface area contributed by atoms with Crippen LogP contribution in [0.3, 0.4) is 0 Å². The van der Waals surface area contributed by atoms with Gasteiger partial charge >= 0.3 is 11.9 Å². The summed E-state index contributed by atoms with van der Waals surface area (Å²) in [5.41, 5.74) is 0. The Labute approximate surface area is 479 Å². The summed E-state index contributed by atoms with van der Waals surface area (Å²) in [5.74, 6) is -0.823. The Morgan fingerprint density at radius 3 is 0.961 bits per heavy atom. The molecule has 0 saturated carbocycles. The molecule has 0 spiro atoms. The van der Waals surface area contributed by atoms with Crippen molar-refractivity contribution in [2.24, 2.45) is 0 Å². The first-order chi connectivity index (χ1) is 37.5. The summed E-state index contributed by atoms with van der Waals surface area (Å²) in [7, 11) is 1.18. The lowest BCUT2D eigenvalue weighted by Gasteiger charge is -2.28. The predicted octanol–water partition coefficient (Wildman–Crippen LogP) is 20.9. The van der Waals surface area contributed by atoms with Crippen molar-refractivity contribution in [2.45, 2.75) is 360 Å². The predicted molar refractivity (Wildman–Crippen MR) is 328 cm³/mol. The molecule has 77 heavy (non-hydrogen) atoms. The van der Waals surface area contributed by atoms with Crippen molar-refractivity contribution in [3.05, 3.63) is 12.2 Å². The maximum atomic E-state index is 12.8. The molecule has 0 fully saturated rings. The molecule has 0 N–H and O–H groups in total. The number of allylic oxidation sites excluding steroid dienone is 2. The van der Waals surface area contributed by atoms with Gasteiger partial charge in [-0.05, 0) is 38.5 Å². The lowest BCUT2D eigenvalue weighted by Crippen LogP contribution is -2.37. The number of carbonyl (C=O) groups excluding carboxylic acids is 2. The Bertz CT molecular complexity index is 1300. The number of hydrogen-bond acceptors (Lipinski definition) is 8. The number of ether oxygens (including phenoxy) is 2. The highest BCUT2D eigenvalue weighted by Gasteiger charge is 2.22. The third-order valence-electron chi connectivity index (χ3n) is 15.5. The van der Waals surface area contributed by atoms with E-state index in [1.165, 1.54) is 270 Å². The molecule has 0 aliphatic carbocycles. The zero-order chi connectivity index (χ0) is 56.3. The molecule has 458 valence electrons. The van der Waals surface area contributed by atoms with E-state index in [9.17, 15) is 19.0 Å². The van der Waals surface area contributed by atoms with Crippen LogP contribution in [-0.2, 0) is 32.7 Å². The normalized spacial score (nSPS) is 13.2.